The van der Waals surface area contributed by atoms with Gasteiger partial charge in [0, 0.05) is 19.2 Å². The van der Waals surface area contributed by atoms with Crippen LogP contribution in [0, 0.1) is 0 Å². The number of aromatic nitrogens is 2. The van der Waals surface area contributed by atoms with Crippen LogP contribution in [0.2, 0.25) is 0 Å². The van der Waals surface area contributed by atoms with Crippen molar-refractivity contribution in [3.05, 3.63) is 69.4 Å². The number of carboxylic acids is 1. The Morgan fingerprint density at radius 2 is 2.06 bits per heavy atom. The van der Waals surface area contributed by atoms with Crippen molar-refractivity contribution >= 4 is 57.7 Å². The second-order valence-electron chi connectivity index (χ2n) is 7.58. The lowest BCUT2D eigenvalue weighted by Crippen LogP contribution is -2.29. The molecular weight excluding hydrogens is 476 g/mol. The van der Waals surface area contributed by atoms with Gasteiger partial charge >= 0.3 is 5.97 Å². The summed E-state index contributed by atoms with van der Waals surface area (Å²) in [5.41, 5.74) is 0.407. The SMILES string of the molecule is O=C(O)CCCCCN1C(=O)C(=Cc2c(NCc3ccco3)nc3ccccn3c2=O)SC1=S. The molecule has 0 aromatic carbocycles. The van der Waals surface area contributed by atoms with Crippen LogP contribution in [0.1, 0.15) is 37.0 Å². The van der Waals surface area contributed by atoms with E-state index >= 15 is 0 Å². The summed E-state index contributed by atoms with van der Waals surface area (Å²) in [5.74, 6) is -0.0927. The minimum atomic E-state index is -0.833. The maximum Gasteiger partial charge on any atom is 0.303 e. The number of unbranched alkanes of at least 4 members (excludes halogenated alkanes) is 2. The van der Waals surface area contributed by atoms with Crippen LogP contribution < -0.4 is 10.9 Å². The molecule has 1 fully saturated rings. The highest BCUT2D eigenvalue weighted by Crippen LogP contribution is 2.33. The zero-order chi connectivity index (χ0) is 24.1. The van der Waals surface area contributed by atoms with Gasteiger partial charge in [-0.1, -0.05) is 36.5 Å². The van der Waals surface area contributed by atoms with Crippen LogP contribution in [-0.4, -0.2) is 42.1 Å². The lowest BCUT2D eigenvalue weighted by atomic mass is 10.2. The summed E-state index contributed by atoms with van der Waals surface area (Å²) in [6, 6.07) is 8.84. The molecule has 0 spiro atoms. The fourth-order valence-electron chi connectivity index (χ4n) is 3.50. The molecule has 9 nitrogen and oxygen atoms in total. The number of thiocarbonyl (C=S) groups is 1. The highest BCUT2D eigenvalue weighted by atomic mass is 32.2. The summed E-state index contributed by atoms with van der Waals surface area (Å²) < 4.78 is 7.19. The van der Waals surface area contributed by atoms with Crippen molar-refractivity contribution in [3.8, 4) is 0 Å². The van der Waals surface area contributed by atoms with Gasteiger partial charge in [0.1, 0.15) is 21.5 Å². The van der Waals surface area contributed by atoms with Crippen molar-refractivity contribution < 1.29 is 19.1 Å². The molecule has 0 aliphatic carbocycles. The number of anilines is 1. The monoisotopic (exact) mass is 498 g/mol. The minimum Gasteiger partial charge on any atom is -0.481 e. The van der Waals surface area contributed by atoms with Crippen molar-refractivity contribution in [2.45, 2.75) is 32.2 Å². The maximum atomic E-state index is 13.3. The number of carbonyl (C=O) groups excluding carboxylic acids is 1. The third-order valence-corrected chi connectivity index (χ3v) is 6.58. The van der Waals surface area contributed by atoms with Gasteiger partial charge in [-0.3, -0.25) is 23.7 Å². The van der Waals surface area contributed by atoms with E-state index in [9.17, 15) is 14.4 Å². The van der Waals surface area contributed by atoms with Crippen molar-refractivity contribution in [2.75, 3.05) is 11.9 Å². The first-order valence-corrected chi connectivity index (χ1v) is 11.9. The Labute approximate surface area is 204 Å². The summed E-state index contributed by atoms with van der Waals surface area (Å²) in [5, 5.41) is 11.9. The average molecular weight is 499 g/mol. The highest BCUT2D eigenvalue weighted by molar-refractivity contribution is 8.26. The molecule has 0 bridgehead atoms. The molecule has 34 heavy (non-hydrogen) atoms. The van der Waals surface area contributed by atoms with Crippen LogP contribution in [-0.2, 0) is 16.1 Å². The van der Waals surface area contributed by atoms with E-state index in [0.29, 0.717) is 58.8 Å². The van der Waals surface area contributed by atoms with Crippen molar-refractivity contribution in [1.82, 2.24) is 14.3 Å². The van der Waals surface area contributed by atoms with Crippen LogP contribution >= 0.6 is 24.0 Å². The van der Waals surface area contributed by atoms with Crippen molar-refractivity contribution in [2.24, 2.45) is 0 Å². The summed E-state index contributed by atoms with van der Waals surface area (Å²) in [7, 11) is 0. The first-order valence-electron chi connectivity index (χ1n) is 10.7. The van der Waals surface area contributed by atoms with E-state index in [1.54, 1.807) is 36.7 Å². The summed E-state index contributed by atoms with van der Waals surface area (Å²) in [6.07, 6.45) is 6.69. The molecule has 0 unspecified atom stereocenters. The van der Waals surface area contributed by atoms with Crippen LogP contribution in [0.15, 0.2) is 56.9 Å². The number of pyridine rings is 1. The topological polar surface area (TPSA) is 117 Å². The minimum absolute atomic E-state index is 0.102. The predicted molar refractivity (Wildman–Crippen MR) is 133 cm³/mol. The van der Waals surface area contributed by atoms with Gasteiger partial charge in [0.15, 0.2) is 0 Å². The summed E-state index contributed by atoms with van der Waals surface area (Å²) >= 11 is 6.52. The Kier molecular flexibility index (Phi) is 7.43. The van der Waals surface area contributed by atoms with E-state index in [1.807, 2.05) is 6.07 Å². The van der Waals surface area contributed by atoms with E-state index in [-0.39, 0.29) is 23.5 Å². The Balaban J connectivity index is 1.58. The van der Waals surface area contributed by atoms with Crippen molar-refractivity contribution in [1.29, 1.82) is 0 Å². The van der Waals surface area contributed by atoms with E-state index in [2.05, 4.69) is 10.3 Å². The Morgan fingerprint density at radius 1 is 1.21 bits per heavy atom. The first-order chi connectivity index (χ1) is 16.4. The molecule has 3 aromatic heterocycles. The second-order valence-corrected chi connectivity index (χ2v) is 9.25. The molecule has 1 aliphatic rings. The van der Waals surface area contributed by atoms with Gasteiger partial charge in [-0.25, -0.2) is 4.98 Å². The number of carboxylic acid groups (broad SMARTS) is 1. The zero-order valence-electron chi connectivity index (χ0n) is 18.1. The van der Waals surface area contributed by atoms with Crippen LogP contribution in [0.5, 0.6) is 0 Å². The molecule has 1 saturated heterocycles. The molecular formula is C23H22N4O5S2. The average Bonchev–Trinajstić information content (AvgIpc) is 3.43. The molecule has 0 saturated carbocycles. The van der Waals surface area contributed by atoms with Crippen LogP contribution in [0.25, 0.3) is 11.7 Å². The Morgan fingerprint density at radius 3 is 2.82 bits per heavy atom. The quantitative estimate of drug-likeness (QED) is 0.245. The number of hydrogen-bond donors (Lipinski definition) is 2. The van der Waals surface area contributed by atoms with E-state index < -0.39 is 5.97 Å². The van der Waals surface area contributed by atoms with E-state index in [0.717, 1.165) is 11.8 Å². The molecule has 4 rings (SSSR count). The number of fused-ring (bicyclic) bond motifs is 1. The summed E-state index contributed by atoms with van der Waals surface area (Å²) in [4.78, 5) is 43.3. The normalized spacial score (nSPS) is 14.9. The highest BCUT2D eigenvalue weighted by Gasteiger charge is 2.32. The standard InChI is InChI=1S/C23H22N4O5S2/c28-19(29)9-2-1-4-11-27-22(31)17(34-23(27)33)13-16-20(24-14-15-7-6-12-32-15)25-18-8-3-5-10-26(18)21(16)30/h3,5-8,10,12-13,24H,1-2,4,9,11,14H2,(H,28,29). The number of carbonyl (C=O) groups is 2. The number of thioether (sulfide) groups is 1. The number of amides is 1. The molecule has 11 heteroatoms. The van der Waals surface area contributed by atoms with Gasteiger partial charge in [-0.15, -0.1) is 0 Å². The molecule has 1 aliphatic heterocycles. The molecule has 1 amide bonds. The number of rotatable bonds is 10. The number of aliphatic carboxylic acids is 1. The first kappa shape index (κ1) is 23.7. The fourth-order valence-corrected chi connectivity index (χ4v) is 4.79. The second kappa shape index (κ2) is 10.7. The largest absolute Gasteiger partial charge is 0.481 e. The lowest BCUT2D eigenvalue weighted by Gasteiger charge is -2.14. The van der Waals surface area contributed by atoms with Gasteiger partial charge in [-0.05, 0) is 43.2 Å². The zero-order valence-corrected chi connectivity index (χ0v) is 19.7. The number of furan rings is 1. The molecule has 4 heterocycles. The van der Waals surface area contributed by atoms with Gasteiger partial charge < -0.3 is 14.8 Å². The molecule has 2 N–H and O–H groups in total. The van der Waals surface area contributed by atoms with Gasteiger partial charge in [0.05, 0.1) is 23.3 Å². The Bertz CT molecular complexity index is 1320. The van der Waals surface area contributed by atoms with Crippen molar-refractivity contribution in [3.63, 3.8) is 0 Å². The van der Waals surface area contributed by atoms with Gasteiger partial charge in [0.25, 0.3) is 11.5 Å². The smallest absolute Gasteiger partial charge is 0.303 e. The van der Waals surface area contributed by atoms with E-state index in [4.69, 9.17) is 21.7 Å². The number of nitrogens with one attached hydrogen (secondary N) is 1. The maximum absolute atomic E-state index is 13.3. The van der Waals surface area contributed by atoms with Gasteiger partial charge in [-0.2, -0.15) is 0 Å². The van der Waals surface area contributed by atoms with Crippen LogP contribution in [0.3, 0.4) is 0 Å². The Hall–Kier alpha value is -3.44. The molecule has 176 valence electrons. The fraction of sp³-hybridized carbons (Fsp3) is 0.261. The number of hydrogen-bond acceptors (Lipinski definition) is 8. The van der Waals surface area contributed by atoms with Crippen LogP contribution in [0.4, 0.5) is 5.82 Å². The van der Waals surface area contributed by atoms with E-state index in [1.165, 1.54) is 15.4 Å². The lowest BCUT2D eigenvalue weighted by molar-refractivity contribution is -0.137. The molecule has 0 atom stereocenters. The third kappa shape index (κ3) is 5.37. The number of nitrogens with zero attached hydrogens (tertiary/aromatic N) is 3. The summed E-state index contributed by atoms with van der Waals surface area (Å²) in [6.45, 7) is 0.723. The molecule has 0 radical (unpaired) electrons. The third-order valence-electron chi connectivity index (χ3n) is 5.20. The predicted octanol–water partition coefficient (Wildman–Crippen LogP) is 3.75. The van der Waals surface area contributed by atoms with Gasteiger partial charge in [0.2, 0.25) is 0 Å². The molecule has 3 aromatic rings.